The molecule has 6 nitrogen and oxygen atoms in total. The Morgan fingerprint density at radius 3 is 2.51 bits per heavy atom. The molecular weight excluding hydrogens is 490 g/mol. The molecule has 218 valence electrons. The molecule has 1 aromatic rings. The molecule has 1 aromatic carbocycles. The Balaban J connectivity index is 1.18. The number of nitrogens with one attached hydrogen (secondary N) is 1. The molecule has 39 heavy (non-hydrogen) atoms. The van der Waals surface area contributed by atoms with E-state index in [0.29, 0.717) is 42.6 Å². The third-order valence-electron chi connectivity index (χ3n) is 12.2. The van der Waals surface area contributed by atoms with E-state index in [2.05, 4.69) is 26.1 Å². The standard InChI is InChI=1S/C33H51NO5/c1-20(5-12-30(38)34-16-14-21-6-8-24(39-4)9-7-21)25-10-11-26-31-27(19-29(37)33(25,26)3)32(2)15-13-23(35)17-22(32)18-28(31)36/h6-9,20,22-23,25-29,31,35-37H,5,10-19H2,1-4H3,(H,34,38). The lowest BCUT2D eigenvalue weighted by Gasteiger charge is -2.63. The summed E-state index contributed by atoms with van der Waals surface area (Å²) >= 11 is 0. The molecule has 0 aliphatic heterocycles. The average molecular weight is 542 g/mol. The number of fused-ring (bicyclic) bond motifs is 5. The zero-order chi connectivity index (χ0) is 27.9. The van der Waals surface area contributed by atoms with Gasteiger partial charge in [0.15, 0.2) is 0 Å². The normalized spacial score (nSPS) is 42.1. The number of rotatable bonds is 8. The van der Waals surface area contributed by atoms with Crippen LogP contribution in [0.4, 0.5) is 0 Å². The van der Waals surface area contributed by atoms with Crippen molar-refractivity contribution in [3.63, 3.8) is 0 Å². The molecule has 4 N–H and O–H groups in total. The Hall–Kier alpha value is -1.63. The van der Waals surface area contributed by atoms with Crippen molar-refractivity contribution in [1.82, 2.24) is 5.32 Å². The number of hydrogen-bond acceptors (Lipinski definition) is 5. The molecule has 11 unspecified atom stereocenters. The fraction of sp³-hybridized carbons (Fsp3) is 0.788. The number of carbonyl (C=O) groups is 1. The van der Waals surface area contributed by atoms with Crippen LogP contribution in [-0.2, 0) is 11.2 Å². The molecule has 0 aromatic heterocycles. The van der Waals surface area contributed by atoms with E-state index < -0.39 is 0 Å². The van der Waals surface area contributed by atoms with Crippen LogP contribution < -0.4 is 10.1 Å². The van der Waals surface area contributed by atoms with Crippen molar-refractivity contribution in [2.45, 2.75) is 103 Å². The minimum atomic E-state index is -0.383. The zero-order valence-electron chi connectivity index (χ0n) is 24.4. The van der Waals surface area contributed by atoms with Crippen molar-refractivity contribution in [1.29, 1.82) is 0 Å². The van der Waals surface area contributed by atoms with Crippen molar-refractivity contribution in [2.24, 2.45) is 46.3 Å². The van der Waals surface area contributed by atoms with Gasteiger partial charge in [-0.05, 0) is 122 Å². The van der Waals surface area contributed by atoms with Gasteiger partial charge >= 0.3 is 0 Å². The van der Waals surface area contributed by atoms with E-state index in [-0.39, 0.29) is 41.0 Å². The first-order valence-electron chi connectivity index (χ1n) is 15.5. The van der Waals surface area contributed by atoms with Crippen molar-refractivity contribution >= 4 is 5.91 Å². The van der Waals surface area contributed by atoms with E-state index in [1.165, 1.54) is 5.56 Å². The lowest BCUT2D eigenvalue weighted by Crippen LogP contribution is -2.62. The predicted octanol–water partition coefficient (Wildman–Crippen LogP) is 4.73. The van der Waals surface area contributed by atoms with Crippen LogP contribution in [0.25, 0.3) is 0 Å². The number of aliphatic hydroxyl groups is 3. The van der Waals surface area contributed by atoms with E-state index in [1.807, 2.05) is 24.3 Å². The summed E-state index contributed by atoms with van der Waals surface area (Å²) in [6.07, 6.45) is 7.43. The number of hydrogen-bond donors (Lipinski definition) is 4. The number of aliphatic hydroxyl groups excluding tert-OH is 3. The van der Waals surface area contributed by atoms with Crippen LogP contribution in [0.2, 0.25) is 0 Å². The van der Waals surface area contributed by atoms with Crippen LogP contribution in [-0.4, -0.2) is 53.2 Å². The summed E-state index contributed by atoms with van der Waals surface area (Å²) in [5.41, 5.74) is 1.05. The van der Waals surface area contributed by atoms with Crippen LogP contribution in [0.3, 0.4) is 0 Å². The lowest BCUT2D eigenvalue weighted by molar-refractivity contribution is -0.207. The minimum absolute atomic E-state index is 0.0963. The first kappa shape index (κ1) is 28.9. The van der Waals surface area contributed by atoms with Gasteiger partial charge in [0.25, 0.3) is 0 Å². The molecule has 4 saturated carbocycles. The Kier molecular flexibility index (Phi) is 8.39. The van der Waals surface area contributed by atoms with Gasteiger partial charge in [-0.3, -0.25) is 4.79 Å². The molecule has 11 atom stereocenters. The highest BCUT2D eigenvalue weighted by Crippen LogP contribution is 2.68. The monoisotopic (exact) mass is 541 g/mol. The van der Waals surface area contributed by atoms with Gasteiger partial charge in [-0.2, -0.15) is 0 Å². The Bertz CT molecular complexity index is 998. The van der Waals surface area contributed by atoms with Crippen LogP contribution >= 0.6 is 0 Å². The molecule has 5 rings (SSSR count). The zero-order valence-corrected chi connectivity index (χ0v) is 24.4. The fourth-order valence-electron chi connectivity index (χ4n) is 9.92. The maximum atomic E-state index is 12.7. The summed E-state index contributed by atoms with van der Waals surface area (Å²) in [4.78, 5) is 12.7. The number of carbonyl (C=O) groups excluding carboxylic acids is 1. The second kappa shape index (κ2) is 11.3. The lowest BCUT2D eigenvalue weighted by atomic mass is 9.43. The van der Waals surface area contributed by atoms with Gasteiger partial charge in [0.1, 0.15) is 5.75 Å². The topological polar surface area (TPSA) is 99.0 Å². The van der Waals surface area contributed by atoms with Gasteiger partial charge in [0.05, 0.1) is 25.4 Å². The molecule has 0 spiro atoms. The molecule has 0 heterocycles. The molecule has 0 radical (unpaired) electrons. The highest BCUT2D eigenvalue weighted by Gasteiger charge is 2.65. The smallest absolute Gasteiger partial charge is 0.220 e. The second-order valence-electron chi connectivity index (χ2n) is 14.0. The first-order chi connectivity index (χ1) is 18.6. The summed E-state index contributed by atoms with van der Waals surface area (Å²) in [6, 6.07) is 7.96. The number of amides is 1. The van der Waals surface area contributed by atoms with E-state index in [4.69, 9.17) is 4.74 Å². The van der Waals surface area contributed by atoms with Crippen LogP contribution in [0.15, 0.2) is 24.3 Å². The summed E-state index contributed by atoms with van der Waals surface area (Å²) in [5.74, 6) is 2.84. The van der Waals surface area contributed by atoms with Crippen LogP contribution in [0.1, 0.15) is 84.1 Å². The van der Waals surface area contributed by atoms with Crippen molar-refractivity contribution in [3.05, 3.63) is 29.8 Å². The minimum Gasteiger partial charge on any atom is -0.497 e. The largest absolute Gasteiger partial charge is 0.497 e. The molecule has 1 amide bonds. The Morgan fingerprint density at radius 1 is 1.05 bits per heavy atom. The second-order valence-corrected chi connectivity index (χ2v) is 14.0. The summed E-state index contributed by atoms with van der Waals surface area (Å²) in [5, 5.41) is 36.6. The molecule has 4 aliphatic rings. The maximum absolute atomic E-state index is 12.7. The molecule has 4 fully saturated rings. The molecule has 0 bridgehead atoms. The molecule has 0 saturated heterocycles. The van der Waals surface area contributed by atoms with E-state index >= 15 is 0 Å². The van der Waals surface area contributed by atoms with Gasteiger partial charge in [-0.15, -0.1) is 0 Å². The number of methoxy groups -OCH3 is 1. The van der Waals surface area contributed by atoms with E-state index in [1.54, 1.807) is 7.11 Å². The average Bonchev–Trinajstić information content (AvgIpc) is 3.28. The van der Waals surface area contributed by atoms with Crippen molar-refractivity contribution < 1.29 is 24.9 Å². The van der Waals surface area contributed by atoms with Gasteiger partial charge in [-0.25, -0.2) is 0 Å². The van der Waals surface area contributed by atoms with E-state index in [9.17, 15) is 20.1 Å². The quantitative estimate of drug-likeness (QED) is 0.381. The maximum Gasteiger partial charge on any atom is 0.220 e. The fourth-order valence-corrected chi connectivity index (χ4v) is 9.92. The third-order valence-corrected chi connectivity index (χ3v) is 12.2. The molecule has 4 aliphatic carbocycles. The molecular formula is C33H51NO5. The van der Waals surface area contributed by atoms with Crippen LogP contribution in [0.5, 0.6) is 5.75 Å². The highest BCUT2D eigenvalue weighted by molar-refractivity contribution is 5.75. The first-order valence-corrected chi connectivity index (χ1v) is 15.5. The van der Waals surface area contributed by atoms with Gasteiger partial charge in [-0.1, -0.05) is 32.9 Å². The van der Waals surface area contributed by atoms with Gasteiger partial charge < -0.3 is 25.4 Å². The Labute approximate surface area is 234 Å². The third kappa shape index (κ3) is 5.26. The number of ether oxygens (including phenoxy) is 1. The van der Waals surface area contributed by atoms with Crippen molar-refractivity contribution in [2.75, 3.05) is 13.7 Å². The van der Waals surface area contributed by atoms with E-state index in [0.717, 1.165) is 63.5 Å². The molecule has 6 heteroatoms. The summed E-state index contributed by atoms with van der Waals surface area (Å²) in [6.45, 7) is 7.55. The van der Waals surface area contributed by atoms with Crippen molar-refractivity contribution in [3.8, 4) is 5.75 Å². The summed E-state index contributed by atoms with van der Waals surface area (Å²) in [7, 11) is 1.66. The predicted molar refractivity (Wildman–Crippen MR) is 152 cm³/mol. The number of benzene rings is 1. The van der Waals surface area contributed by atoms with Gasteiger partial charge in [0, 0.05) is 13.0 Å². The van der Waals surface area contributed by atoms with Crippen LogP contribution in [0, 0.1) is 46.3 Å². The highest BCUT2D eigenvalue weighted by atomic mass is 16.5. The Morgan fingerprint density at radius 2 is 1.79 bits per heavy atom. The van der Waals surface area contributed by atoms with Gasteiger partial charge in [0.2, 0.25) is 5.91 Å². The summed E-state index contributed by atoms with van der Waals surface area (Å²) < 4.78 is 5.21. The SMILES string of the molecule is COc1ccc(CCNC(=O)CCC(C)C2CCC3C4C(O)CC5CC(O)CCC5(C)C4CC(O)C23C)cc1.